The third kappa shape index (κ3) is 4.67. The monoisotopic (exact) mass is 446 g/mol. The molecule has 0 aliphatic carbocycles. The highest BCUT2D eigenvalue weighted by Crippen LogP contribution is 2.29. The minimum Gasteiger partial charge on any atom is -0.293 e. The lowest BCUT2D eigenvalue weighted by Crippen LogP contribution is -2.24. The van der Waals surface area contributed by atoms with Crippen molar-refractivity contribution in [3.05, 3.63) is 59.7 Å². The van der Waals surface area contributed by atoms with E-state index in [0.717, 1.165) is 27.0 Å². The van der Waals surface area contributed by atoms with Crippen LogP contribution in [0, 0.1) is 0 Å². The van der Waals surface area contributed by atoms with Gasteiger partial charge < -0.3 is 0 Å². The van der Waals surface area contributed by atoms with E-state index in [1.54, 1.807) is 23.5 Å². The zero-order chi connectivity index (χ0) is 20.4. The first-order valence-electron chi connectivity index (χ1n) is 8.83. The van der Waals surface area contributed by atoms with Crippen LogP contribution in [0.3, 0.4) is 0 Å². The van der Waals surface area contributed by atoms with E-state index in [1.165, 1.54) is 11.8 Å². The number of benzene rings is 2. The van der Waals surface area contributed by atoms with E-state index >= 15 is 0 Å². The number of para-hydroxylation sites is 1. The summed E-state index contributed by atoms with van der Waals surface area (Å²) in [5, 5.41) is 9.13. The van der Waals surface area contributed by atoms with E-state index in [1.807, 2.05) is 40.8 Å². The van der Waals surface area contributed by atoms with Gasteiger partial charge in [0.05, 0.1) is 22.2 Å². The lowest BCUT2D eigenvalue weighted by atomic mass is 10.1. The summed E-state index contributed by atoms with van der Waals surface area (Å²) in [6.45, 7) is 0.333. The maximum Gasteiger partial charge on any atom is 0.217 e. The number of nitrogens with zero attached hydrogens (tertiary/aromatic N) is 3. The Bertz CT molecular complexity index is 1280. The van der Waals surface area contributed by atoms with Crippen LogP contribution >= 0.6 is 23.1 Å². The van der Waals surface area contributed by atoms with Gasteiger partial charge in [-0.25, -0.2) is 13.1 Å². The molecule has 4 rings (SSSR count). The van der Waals surface area contributed by atoms with Crippen molar-refractivity contribution in [2.24, 2.45) is 0 Å². The molecule has 2 aromatic heterocycles. The van der Waals surface area contributed by atoms with Crippen LogP contribution in [0.5, 0.6) is 0 Å². The number of hydrogen-bond acceptors (Lipinski definition) is 7. The maximum atomic E-state index is 12.6. The van der Waals surface area contributed by atoms with E-state index in [2.05, 4.69) is 14.9 Å². The van der Waals surface area contributed by atoms with Crippen LogP contribution in [0.25, 0.3) is 15.2 Å². The molecule has 0 bridgehead atoms. The molecule has 0 aliphatic heterocycles. The molecule has 0 radical (unpaired) electrons. The van der Waals surface area contributed by atoms with E-state index in [4.69, 9.17) is 0 Å². The van der Waals surface area contributed by atoms with Crippen LogP contribution in [0.15, 0.2) is 53.7 Å². The molecule has 0 saturated heterocycles. The minimum atomic E-state index is -3.19. The van der Waals surface area contributed by atoms with Gasteiger partial charge >= 0.3 is 0 Å². The second-order valence-corrected chi connectivity index (χ2v) is 10.3. The summed E-state index contributed by atoms with van der Waals surface area (Å²) < 4.78 is 27.8. The average molecular weight is 447 g/mol. The minimum absolute atomic E-state index is 0.00657. The molecule has 150 valence electrons. The molecule has 2 heterocycles. The zero-order valence-electron chi connectivity index (χ0n) is 15.5. The normalized spacial score (nSPS) is 12.0. The van der Waals surface area contributed by atoms with Crippen molar-refractivity contribution in [3.8, 4) is 0 Å². The highest BCUT2D eigenvalue weighted by Gasteiger charge is 2.14. The predicted octanol–water partition coefficient (Wildman–Crippen LogP) is 3.01. The van der Waals surface area contributed by atoms with Crippen molar-refractivity contribution in [2.45, 2.75) is 11.6 Å². The molecule has 2 aromatic carbocycles. The lowest BCUT2D eigenvalue weighted by molar-refractivity contribution is 0.102. The number of fused-ring (bicyclic) bond motifs is 3. The number of rotatable bonds is 8. The van der Waals surface area contributed by atoms with Gasteiger partial charge in [-0.05, 0) is 24.1 Å². The summed E-state index contributed by atoms with van der Waals surface area (Å²) in [6, 6.07) is 15.3. The van der Waals surface area contributed by atoms with Gasteiger partial charge in [-0.15, -0.1) is 10.2 Å². The zero-order valence-corrected chi connectivity index (χ0v) is 18.0. The maximum absolute atomic E-state index is 12.6. The summed E-state index contributed by atoms with van der Waals surface area (Å²) in [6.07, 6.45) is 1.70. The van der Waals surface area contributed by atoms with Crippen LogP contribution in [0.4, 0.5) is 0 Å². The van der Waals surface area contributed by atoms with Crippen LogP contribution in [-0.2, 0) is 16.4 Å². The fraction of sp³-hybridized carbons (Fsp3) is 0.211. The Morgan fingerprint density at radius 1 is 1.14 bits per heavy atom. The largest absolute Gasteiger partial charge is 0.293 e. The predicted molar refractivity (Wildman–Crippen MR) is 116 cm³/mol. The second-order valence-electron chi connectivity index (χ2n) is 6.50. The third-order valence-electron chi connectivity index (χ3n) is 4.30. The Balaban J connectivity index is 1.40. The molecule has 1 N–H and O–H groups in total. The highest BCUT2D eigenvalue weighted by atomic mass is 32.2. The topological polar surface area (TPSA) is 93.4 Å². The second kappa shape index (κ2) is 8.23. The number of Topliss-reactive ketones (excluding diaryl/α,β-unsaturated/α-hetero) is 1. The van der Waals surface area contributed by atoms with Crippen molar-refractivity contribution < 1.29 is 13.2 Å². The molecule has 0 fully saturated rings. The summed E-state index contributed by atoms with van der Waals surface area (Å²) >= 11 is 2.94. The molecule has 0 unspecified atom stereocenters. The van der Waals surface area contributed by atoms with Crippen LogP contribution in [0.2, 0.25) is 0 Å². The van der Waals surface area contributed by atoms with Crippen LogP contribution < -0.4 is 4.72 Å². The van der Waals surface area contributed by atoms with Crippen molar-refractivity contribution in [1.29, 1.82) is 0 Å². The van der Waals surface area contributed by atoms with Gasteiger partial charge in [-0.3, -0.25) is 9.20 Å². The number of aromatic nitrogens is 3. The molecule has 0 amide bonds. The molecule has 0 aliphatic rings. The number of ketones is 1. The van der Waals surface area contributed by atoms with Gasteiger partial charge in [0.25, 0.3) is 0 Å². The first-order valence-corrected chi connectivity index (χ1v) is 12.5. The SMILES string of the molecule is CS(=O)(=O)NCCc1ccc(C(=O)CSc2nnc3sc4ccccc4n23)cc1. The van der Waals surface area contributed by atoms with Gasteiger partial charge in [-0.1, -0.05) is 59.5 Å². The summed E-state index contributed by atoms with van der Waals surface area (Å²) in [4.78, 5) is 13.4. The number of nitrogens with one attached hydrogen (secondary N) is 1. The number of thioether (sulfide) groups is 1. The van der Waals surface area contributed by atoms with Gasteiger partial charge in [0.15, 0.2) is 10.9 Å². The molecule has 10 heteroatoms. The van der Waals surface area contributed by atoms with Crippen LogP contribution in [0.1, 0.15) is 15.9 Å². The first-order chi connectivity index (χ1) is 13.9. The number of sulfonamides is 1. The van der Waals surface area contributed by atoms with Crippen molar-refractivity contribution in [1.82, 2.24) is 19.3 Å². The Hall–Kier alpha value is -2.27. The highest BCUT2D eigenvalue weighted by molar-refractivity contribution is 7.99. The smallest absolute Gasteiger partial charge is 0.217 e. The lowest BCUT2D eigenvalue weighted by Gasteiger charge is -2.05. The van der Waals surface area contributed by atoms with E-state index in [9.17, 15) is 13.2 Å². The molecular weight excluding hydrogens is 428 g/mol. The Morgan fingerprint density at radius 3 is 2.66 bits per heavy atom. The van der Waals surface area contributed by atoms with Gasteiger partial charge in [-0.2, -0.15) is 0 Å². The van der Waals surface area contributed by atoms with E-state index in [0.29, 0.717) is 23.7 Å². The Kier molecular flexibility index (Phi) is 5.68. The number of carbonyl (C=O) groups is 1. The summed E-state index contributed by atoms with van der Waals surface area (Å²) in [7, 11) is -3.19. The summed E-state index contributed by atoms with van der Waals surface area (Å²) in [5.41, 5.74) is 2.63. The third-order valence-corrected chi connectivity index (χ3v) is 6.97. The quantitative estimate of drug-likeness (QED) is 0.330. The molecule has 0 atom stereocenters. The van der Waals surface area contributed by atoms with Crippen LogP contribution in [-0.4, -0.2) is 47.4 Å². The Labute approximate surface area is 176 Å². The van der Waals surface area contributed by atoms with Crippen molar-refractivity contribution in [2.75, 3.05) is 18.6 Å². The fourth-order valence-electron chi connectivity index (χ4n) is 2.90. The average Bonchev–Trinajstić information content (AvgIpc) is 3.25. The standard InChI is InChI=1S/C19H18N4O3S3/c1-29(25,26)20-11-10-13-6-8-14(9-7-13)16(24)12-27-18-21-22-19-23(18)15-4-2-3-5-17(15)28-19/h2-9,20H,10-12H2,1H3. The molecule has 4 aromatic rings. The number of carbonyl (C=O) groups excluding carboxylic acids is 1. The number of hydrogen-bond donors (Lipinski definition) is 1. The molecule has 0 saturated carbocycles. The summed E-state index contributed by atoms with van der Waals surface area (Å²) in [5.74, 6) is 0.270. The number of thiazole rings is 1. The first kappa shape index (κ1) is 20.0. The molecule has 0 spiro atoms. The fourth-order valence-corrected chi connectivity index (χ4v) is 5.24. The van der Waals surface area contributed by atoms with Crippen molar-refractivity contribution >= 4 is 54.1 Å². The van der Waals surface area contributed by atoms with E-state index < -0.39 is 10.0 Å². The molecule has 7 nitrogen and oxygen atoms in total. The Morgan fingerprint density at radius 2 is 1.90 bits per heavy atom. The van der Waals surface area contributed by atoms with Gasteiger partial charge in [0.2, 0.25) is 15.0 Å². The van der Waals surface area contributed by atoms with Crippen molar-refractivity contribution in [3.63, 3.8) is 0 Å². The van der Waals surface area contributed by atoms with E-state index in [-0.39, 0.29) is 11.5 Å². The molecule has 29 heavy (non-hydrogen) atoms. The molecular formula is C19H18N4O3S3. The van der Waals surface area contributed by atoms with Gasteiger partial charge in [0, 0.05) is 12.1 Å². The van der Waals surface area contributed by atoms with Gasteiger partial charge in [0.1, 0.15) is 0 Å².